The van der Waals surface area contributed by atoms with E-state index >= 15 is 0 Å². The molecule has 11 rings (SSSR count). The molecule has 51 heavy (non-hydrogen) atoms. The molecule has 1 heteroatoms. The number of hydrogen-bond donors (Lipinski definition) is 0. The zero-order valence-electron chi connectivity index (χ0n) is 27.8. The molecule has 0 aliphatic heterocycles. The van der Waals surface area contributed by atoms with Crippen molar-refractivity contribution >= 4 is 75.7 Å². The fourth-order valence-electron chi connectivity index (χ4n) is 8.80. The lowest BCUT2D eigenvalue weighted by Gasteiger charge is -2.24. The van der Waals surface area contributed by atoms with Gasteiger partial charge in [-0.3, -0.25) is 0 Å². The zero-order chi connectivity index (χ0) is 33.5. The number of aromatic nitrogens is 1. The number of para-hydroxylation sites is 2. The van der Waals surface area contributed by atoms with Crippen molar-refractivity contribution in [2.45, 2.75) is 0 Å². The Morgan fingerprint density at radius 3 is 1.33 bits per heavy atom. The van der Waals surface area contributed by atoms with Crippen LogP contribution in [0.5, 0.6) is 0 Å². The van der Waals surface area contributed by atoms with Crippen LogP contribution >= 0.6 is 0 Å². The van der Waals surface area contributed by atoms with Gasteiger partial charge in [0.1, 0.15) is 0 Å². The summed E-state index contributed by atoms with van der Waals surface area (Å²) in [5.41, 5.74) is 8.63. The molecule has 1 aromatic heterocycles. The van der Waals surface area contributed by atoms with Gasteiger partial charge in [0.15, 0.2) is 0 Å². The Morgan fingerprint density at radius 1 is 0.294 bits per heavy atom. The lowest BCUT2D eigenvalue weighted by molar-refractivity contribution is 1.22. The molecule has 1 heterocycles. The van der Waals surface area contributed by atoms with Gasteiger partial charge in [0.2, 0.25) is 0 Å². The van der Waals surface area contributed by atoms with E-state index in [1.54, 1.807) is 0 Å². The molecule has 1 nitrogen and oxygen atoms in total. The molecule has 0 N–H and O–H groups in total. The highest BCUT2D eigenvalue weighted by atomic mass is 15.0. The molecule has 0 unspecified atom stereocenters. The van der Waals surface area contributed by atoms with Crippen LogP contribution in [-0.2, 0) is 0 Å². The highest BCUT2D eigenvalue weighted by molar-refractivity contribution is 6.36. The quantitative estimate of drug-likeness (QED) is 0.133. The summed E-state index contributed by atoms with van der Waals surface area (Å²) in [6.45, 7) is 0. The lowest BCUT2D eigenvalue weighted by Crippen LogP contribution is -2.01. The van der Waals surface area contributed by atoms with Crippen molar-refractivity contribution in [2.24, 2.45) is 0 Å². The first-order valence-electron chi connectivity index (χ1n) is 17.7. The van der Waals surface area contributed by atoms with E-state index in [4.69, 9.17) is 0 Å². The standard InChI is InChI=1S/C50H31N/c1-2-16-32(17-3-1)43-30-33-18-4-5-19-34(33)31-44(43)47-41-26-10-11-27-42(41)50(51-45-28-14-12-22-37(45)38-23-13-15-29-46(38)51)49-40-25-9-7-21-36(40)35-20-6-8-24-39(35)48(47)49/h1-31H. The summed E-state index contributed by atoms with van der Waals surface area (Å²) in [5.74, 6) is 0. The number of benzene rings is 10. The van der Waals surface area contributed by atoms with Crippen LogP contribution < -0.4 is 0 Å². The highest BCUT2D eigenvalue weighted by Crippen LogP contribution is 2.51. The van der Waals surface area contributed by atoms with E-state index < -0.39 is 0 Å². The topological polar surface area (TPSA) is 4.93 Å². The lowest BCUT2D eigenvalue weighted by atomic mass is 9.82. The number of fused-ring (bicyclic) bond motifs is 11. The Labute approximate surface area is 295 Å². The summed E-state index contributed by atoms with van der Waals surface area (Å²) in [7, 11) is 0. The second kappa shape index (κ2) is 10.9. The maximum absolute atomic E-state index is 2.54. The fourth-order valence-corrected chi connectivity index (χ4v) is 8.80. The Bertz CT molecular complexity index is 3130. The third kappa shape index (κ3) is 4.03. The maximum atomic E-state index is 2.54. The van der Waals surface area contributed by atoms with Gasteiger partial charge >= 0.3 is 0 Å². The average Bonchev–Trinajstić information content (AvgIpc) is 3.54. The molecule has 0 saturated carbocycles. The van der Waals surface area contributed by atoms with E-state index in [1.165, 1.54) is 104 Å². The molecule has 0 bridgehead atoms. The normalized spacial score (nSPS) is 11.9. The van der Waals surface area contributed by atoms with E-state index in [2.05, 4.69) is 193 Å². The Balaban J connectivity index is 1.46. The summed E-state index contributed by atoms with van der Waals surface area (Å²) in [6.07, 6.45) is 0. The minimum absolute atomic E-state index is 1.21. The third-order valence-electron chi connectivity index (χ3n) is 10.9. The van der Waals surface area contributed by atoms with E-state index in [0.717, 1.165) is 0 Å². The van der Waals surface area contributed by atoms with Gasteiger partial charge in [0.25, 0.3) is 0 Å². The van der Waals surface area contributed by atoms with Gasteiger partial charge in [-0.2, -0.15) is 0 Å². The van der Waals surface area contributed by atoms with E-state index in [1.807, 2.05) is 0 Å². The second-order valence-corrected chi connectivity index (χ2v) is 13.6. The van der Waals surface area contributed by atoms with Crippen molar-refractivity contribution in [3.05, 3.63) is 188 Å². The zero-order valence-corrected chi connectivity index (χ0v) is 27.8. The molecule has 0 radical (unpaired) electrons. The van der Waals surface area contributed by atoms with E-state index in [-0.39, 0.29) is 0 Å². The van der Waals surface area contributed by atoms with Crippen LogP contribution in [-0.4, -0.2) is 4.57 Å². The van der Waals surface area contributed by atoms with Crippen LogP contribution in [0.1, 0.15) is 0 Å². The van der Waals surface area contributed by atoms with E-state index in [9.17, 15) is 0 Å². The van der Waals surface area contributed by atoms with Crippen molar-refractivity contribution in [1.82, 2.24) is 4.57 Å². The van der Waals surface area contributed by atoms with Crippen LogP contribution in [0.4, 0.5) is 0 Å². The first-order valence-corrected chi connectivity index (χ1v) is 17.7. The molecule has 0 saturated heterocycles. The summed E-state index contributed by atoms with van der Waals surface area (Å²) >= 11 is 0. The summed E-state index contributed by atoms with van der Waals surface area (Å²) in [4.78, 5) is 0. The minimum Gasteiger partial charge on any atom is -0.308 e. The highest BCUT2D eigenvalue weighted by Gasteiger charge is 2.25. The van der Waals surface area contributed by atoms with Gasteiger partial charge in [-0.15, -0.1) is 0 Å². The molecule has 0 atom stereocenters. The predicted molar refractivity (Wildman–Crippen MR) is 219 cm³/mol. The summed E-state index contributed by atoms with van der Waals surface area (Å²) in [6, 6.07) is 69.4. The molecule has 0 aliphatic rings. The molecule has 0 fully saturated rings. The third-order valence-corrected chi connectivity index (χ3v) is 10.9. The second-order valence-electron chi connectivity index (χ2n) is 13.6. The molecular formula is C50H31N. The number of hydrogen-bond acceptors (Lipinski definition) is 0. The van der Waals surface area contributed by atoms with Crippen molar-refractivity contribution < 1.29 is 0 Å². The largest absolute Gasteiger partial charge is 0.308 e. The van der Waals surface area contributed by atoms with Crippen molar-refractivity contribution in [2.75, 3.05) is 0 Å². The molecule has 10 aromatic carbocycles. The summed E-state index contributed by atoms with van der Waals surface area (Å²) in [5, 5.41) is 15.1. The Kier molecular flexibility index (Phi) is 6.02. The van der Waals surface area contributed by atoms with Gasteiger partial charge in [-0.1, -0.05) is 164 Å². The van der Waals surface area contributed by atoms with Crippen LogP contribution in [0, 0.1) is 0 Å². The number of nitrogens with zero attached hydrogens (tertiary/aromatic N) is 1. The maximum Gasteiger partial charge on any atom is 0.0625 e. The first-order chi connectivity index (χ1) is 25.3. The van der Waals surface area contributed by atoms with Crippen LogP contribution in [0.3, 0.4) is 0 Å². The van der Waals surface area contributed by atoms with Crippen molar-refractivity contribution in [3.63, 3.8) is 0 Å². The number of rotatable bonds is 3. The molecule has 0 amide bonds. The van der Waals surface area contributed by atoms with E-state index in [0.29, 0.717) is 0 Å². The van der Waals surface area contributed by atoms with Gasteiger partial charge in [-0.25, -0.2) is 0 Å². The van der Waals surface area contributed by atoms with Crippen molar-refractivity contribution in [1.29, 1.82) is 0 Å². The van der Waals surface area contributed by atoms with Gasteiger partial charge in [0, 0.05) is 26.9 Å². The average molecular weight is 646 g/mol. The first kappa shape index (κ1) is 28.2. The monoisotopic (exact) mass is 645 g/mol. The SMILES string of the molecule is c1ccc(-c2cc3ccccc3cc2-c2c3ccccc3c(-n3c4ccccc4c4ccccc43)c3c4ccccc4c4ccccc4c23)cc1. The molecular weight excluding hydrogens is 615 g/mol. The molecule has 11 aromatic rings. The van der Waals surface area contributed by atoms with Crippen molar-refractivity contribution in [3.8, 4) is 27.9 Å². The fraction of sp³-hybridized carbons (Fsp3) is 0. The van der Waals surface area contributed by atoms with Crippen LogP contribution in [0.15, 0.2) is 188 Å². The predicted octanol–water partition coefficient (Wildman–Crippen LogP) is 13.9. The molecule has 0 aliphatic carbocycles. The summed E-state index contributed by atoms with van der Waals surface area (Å²) < 4.78 is 2.54. The van der Waals surface area contributed by atoms with Gasteiger partial charge < -0.3 is 4.57 Å². The molecule has 0 spiro atoms. The van der Waals surface area contributed by atoms with Gasteiger partial charge in [0.05, 0.1) is 16.7 Å². The Hall–Kier alpha value is -6.70. The minimum atomic E-state index is 1.21. The van der Waals surface area contributed by atoms with Gasteiger partial charge in [-0.05, 0) is 84.2 Å². The Morgan fingerprint density at radius 2 is 0.725 bits per heavy atom. The molecule has 236 valence electrons. The smallest absolute Gasteiger partial charge is 0.0625 e. The van der Waals surface area contributed by atoms with Crippen LogP contribution in [0.25, 0.3) is 104 Å². The van der Waals surface area contributed by atoms with Crippen LogP contribution in [0.2, 0.25) is 0 Å².